The van der Waals surface area contributed by atoms with Crippen molar-refractivity contribution in [3.05, 3.63) is 12.2 Å². The Bertz CT molecular complexity index is 271. The smallest absolute Gasteiger partial charge is 0.138 e. The lowest BCUT2D eigenvalue weighted by Crippen LogP contribution is -2.37. The Morgan fingerprint density at radius 1 is 1.53 bits per heavy atom. The molecule has 86 valence electrons. The number of nitrogens with two attached hydrogens (primary N) is 1. The van der Waals surface area contributed by atoms with E-state index in [0.29, 0.717) is 6.04 Å². The highest BCUT2D eigenvalue weighted by atomic mass is 15.3. The minimum atomic E-state index is 0.305. The zero-order chi connectivity index (χ0) is 11.1. The number of aromatic nitrogens is 3. The van der Waals surface area contributed by atoms with Crippen molar-refractivity contribution >= 4 is 0 Å². The van der Waals surface area contributed by atoms with Crippen LogP contribution in [-0.2, 0) is 13.5 Å². The van der Waals surface area contributed by atoms with Crippen LogP contribution in [0.1, 0.15) is 38.4 Å². The van der Waals surface area contributed by atoms with Crippen LogP contribution in [0, 0.1) is 0 Å². The third-order valence-corrected chi connectivity index (χ3v) is 2.63. The molecule has 1 heterocycles. The summed E-state index contributed by atoms with van der Waals surface area (Å²) < 4.78 is 1.80. The molecule has 0 aliphatic rings. The third-order valence-electron chi connectivity index (χ3n) is 2.63. The van der Waals surface area contributed by atoms with E-state index in [-0.39, 0.29) is 0 Å². The molecular weight excluding hydrogens is 190 g/mol. The molecule has 0 aromatic carbocycles. The molecule has 1 aromatic rings. The molecule has 0 spiro atoms. The lowest BCUT2D eigenvalue weighted by molar-refractivity contribution is 0.452. The molecule has 0 fully saturated rings. The van der Waals surface area contributed by atoms with Gasteiger partial charge in [0.15, 0.2) is 0 Å². The van der Waals surface area contributed by atoms with Gasteiger partial charge in [0.1, 0.15) is 12.2 Å². The minimum absolute atomic E-state index is 0.305. The highest BCUT2D eigenvalue weighted by Crippen LogP contribution is 2.07. The van der Waals surface area contributed by atoms with Gasteiger partial charge < -0.3 is 0 Å². The topological polar surface area (TPSA) is 68.8 Å². The van der Waals surface area contributed by atoms with E-state index in [9.17, 15) is 0 Å². The highest BCUT2D eigenvalue weighted by Gasteiger charge is 2.10. The van der Waals surface area contributed by atoms with Crippen LogP contribution < -0.4 is 11.3 Å². The summed E-state index contributed by atoms with van der Waals surface area (Å²) in [6, 6.07) is 0.305. The van der Waals surface area contributed by atoms with Gasteiger partial charge in [-0.1, -0.05) is 26.2 Å². The van der Waals surface area contributed by atoms with Crippen molar-refractivity contribution in [2.24, 2.45) is 12.9 Å². The van der Waals surface area contributed by atoms with E-state index in [1.807, 2.05) is 7.05 Å². The molecule has 1 unspecified atom stereocenters. The van der Waals surface area contributed by atoms with Gasteiger partial charge in [-0.15, -0.1) is 0 Å². The van der Waals surface area contributed by atoms with Crippen LogP contribution in [0.2, 0.25) is 0 Å². The molecule has 0 bridgehead atoms. The Morgan fingerprint density at radius 2 is 2.33 bits per heavy atom. The van der Waals surface area contributed by atoms with Crippen LogP contribution in [0.4, 0.5) is 0 Å². The molecule has 0 saturated heterocycles. The maximum absolute atomic E-state index is 5.51. The largest absolute Gasteiger partial charge is 0.271 e. The number of hydrazine groups is 1. The lowest BCUT2D eigenvalue weighted by Gasteiger charge is -2.14. The molecule has 5 nitrogen and oxygen atoms in total. The maximum atomic E-state index is 5.51. The van der Waals surface area contributed by atoms with Gasteiger partial charge in [0.25, 0.3) is 0 Å². The average molecular weight is 211 g/mol. The molecule has 1 aromatic heterocycles. The van der Waals surface area contributed by atoms with E-state index < -0.39 is 0 Å². The fraction of sp³-hybridized carbons (Fsp3) is 0.800. The van der Waals surface area contributed by atoms with E-state index >= 15 is 0 Å². The number of hydrogen-bond acceptors (Lipinski definition) is 4. The van der Waals surface area contributed by atoms with E-state index in [0.717, 1.165) is 18.7 Å². The van der Waals surface area contributed by atoms with Gasteiger partial charge in [-0.2, -0.15) is 5.10 Å². The molecular formula is C10H21N5. The van der Waals surface area contributed by atoms with Crippen LogP contribution in [-0.4, -0.2) is 20.8 Å². The molecule has 0 amide bonds. The zero-order valence-corrected chi connectivity index (χ0v) is 9.61. The monoisotopic (exact) mass is 211 g/mol. The van der Waals surface area contributed by atoms with Crippen LogP contribution in [0.3, 0.4) is 0 Å². The van der Waals surface area contributed by atoms with Gasteiger partial charge in [0.05, 0.1) is 0 Å². The van der Waals surface area contributed by atoms with Gasteiger partial charge in [0.2, 0.25) is 0 Å². The predicted molar refractivity (Wildman–Crippen MR) is 60.0 cm³/mol. The van der Waals surface area contributed by atoms with Crippen molar-refractivity contribution in [3.63, 3.8) is 0 Å². The number of hydrogen-bond donors (Lipinski definition) is 2. The summed E-state index contributed by atoms with van der Waals surface area (Å²) in [5, 5.41) is 4.04. The Balaban J connectivity index is 2.36. The number of aryl methyl sites for hydroxylation is 1. The SMILES string of the molecule is CCCCCC(Cc1ncnn1C)NN. The van der Waals surface area contributed by atoms with Gasteiger partial charge >= 0.3 is 0 Å². The Morgan fingerprint density at radius 3 is 2.87 bits per heavy atom. The number of unbranched alkanes of at least 4 members (excludes halogenated alkanes) is 2. The fourth-order valence-electron chi connectivity index (χ4n) is 1.61. The fourth-order valence-corrected chi connectivity index (χ4v) is 1.61. The summed E-state index contributed by atoms with van der Waals surface area (Å²) in [5.41, 5.74) is 2.85. The van der Waals surface area contributed by atoms with E-state index in [2.05, 4.69) is 22.4 Å². The molecule has 5 heteroatoms. The molecule has 0 saturated carbocycles. The molecule has 3 N–H and O–H groups in total. The van der Waals surface area contributed by atoms with Gasteiger partial charge in [0, 0.05) is 19.5 Å². The third kappa shape index (κ3) is 3.97. The van der Waals surface area contributed by atoms with Crippen LogP contribution in [0.15, 0.2) is 6.33 Å². The average Bonchev–Trinajstić information content (AvgIpc) is 2.63. The van der Waals surface area contributed by atoms with Crippen molar-refractivity contribution in [1.82, 2.24) is 20.2 Å². The molecule has 1 rings (SSSR count). The molecule has 0 aliphatic carbocycles. The van der Waals surface area contributed by atoms with Gasteiger partial charge in [-0.05, 0) is 6.42 Å². The highest BCUT2D eigenvalue weighted by molar-refractivity contribution is 4.88. The summed E-state index contributed by atoms with van der Waals surface area (Å²) in [6.07, 6.45) is 7.23. The summed E-state index contributed by atoms with van der Waals surface area (Å²) >= 11 is 0. The van der Waals surface area contributed by atoms with Crippen LogP contribution in [0.5, 0.6) is 0 Å². The first-order valence-corrected chi connectivity index (χ1v) is 5.57. The summed E-state index contributed by atoms with van der Waals surface area (Å²) in [7, 11) is 1.90. The summed E-state index contributed by atoms with van der Waals surface area (Å²) in [4.78, 5) is 4.19. The zero-order valence-electron chi connectivity index (χ0n) is 9.61. The number of nitrogens with one attached hydrogen (secondary N) is 1. The Hall–Kier alpha value is -0.940. The summed E-state index contributed by atoms with van der Waals surface area (Å²) in [6.45, 7) is 2.20. The molecule has 1 atom stereocenters. The first-order chi connectivity index (χ1) is 7.27. The van der Waals surface area contributed by atoms with Crippen molar-refractivity contribution in [2.75, 3.05) is 0 Å². The van der Waals surface area contributed by atoms with Crippen molar-refractivity contribution in [2.45, 2.75) is 45.1 Å². The quantitative estimate of drug-likeness (QED) is 0.397. The second-order valence-electron chi connectivity index (χ2n) is 3.86. The molecule has 15 heavy (non-hydrogen) atoms. The van der Waals surface area contributed by atoms with Crippen LogP contribution >= 0.6 is 0 Å². The molecule has 0 aliphatic heterocycles. The van der Waals surface area contributed by atoms with E-state index in [1.165, 1.54) is 19.3 Å². The maximum Gasteiger partial charge on any atom is 0.138 e. The second-order valence-corrected chi connectivity index (χ2v) is 3.86. The van der Waals surface area contributed by atoms with Crippen LogP contribution in [0.25, 0.3) is 0 Å². The van der Waals surface area contributed by atoms with E-state index in [1.54, 1.807) is 11.0 Å². The molecule has 0 radical (unpaired) electrons. The Kier molecular flexibility index (Phi) is 5.28. The minimum Gasteiger partial charge on any atom is -0.271 e. The van der Waals surface area contributed by atoms with Gasteiger partial charge in [-0.3, -0.25) is 16.0 Å². The van der Waals surface area contributed by atoms with Gasteiger partial charge in [-0.25, -0.2) is 4.98 Å². The van der Waals surface area contributed by atoms with Crippen molar-refractivity contribution in [1.29, 1.82) is 0 Å². The standard InChI is InChI=1S/C10H21N5/c1-3-4-5-6-9(14-11)7-10-12-8-13-15(10)2/h8-9,14H,3-7,11H2,1-2H3. The van der Waals surface area contributed by atoms with Crippen molar-refractivity contribution < 1.29 is 0 Å². The predicted octanol–water partition coefficient (Wildman–Crippen LogP) is 0.770. The van der Waals surface area contributed by atoms with E-state index in [4.69, 9.17) is 5.84 Å². The number of nitrogens with zero attached hydrogens (tertiary/aromatic N) is 3. The first-order valence-electron chi connectivity index (χ1n) is 5.57. The number of rotatable bonds is 7. The second kappa shape index (κ2) is 6.53. The summed E-state index contributed by atoms with van der Waals surface area (Å²) in [5.74, 6) is 6.50. The normalized spacial score (nSPS) is 13.0. The Labute approximate surface area is 91.0 Å². The van der Waals surface area contributed by atoms with Crippen molar-refractivity contribution in [3.8, 4) is 0 Å². The lowest BCUT2D eigenvalue weighted by atomic mass is 10.1. The first kappa shape index (κ1) is 12.1.